The van der Waals surface area contributed by atoms with E-state index in [1.54, 1.807) is 0 Å². The molecule has 5 atom stereocenters. The fraction of sp³-hybridized carbons (Fsp3) is 0.810. The van der Waals surface area contributed by atoms with Gasteiger partial charge in [-0.05, 0) is 69.1 Å². The van der Waals surface area contributed by atoms with Crippen LogP contribution in [0.15, 0.2) is 12.2 Å². The van der Waals surface area contributed by atoms with Crippen molar-refractivity contribution >= 4 is 11.9 Å². The van der Waals surface area contributed by atoms with Crippen molar-refractivity contribution in [2.45, 2.75) is 65.2 Å². The largest absolute Gasteiger partial charge is 0.469 e. The van der Waals surface area contributed by atoms with Gasteiger partial charge in [0.05, 0.1) is 25.0 Å². The standard InChI is InChI=1S/C21H32O4/c1-14-6-9-17-20(2,11-5-12-21(17,3)19(23)24-4)16(14)8-7-15-10-13-25-18(15)22/h15-17H,1,5-13H2,2-4H3/t15?,16-,17?,20+,21-/m0/s1. The van der Waals surface area contributed by atoms with Crippen LogP contribution in [0.2, 0.25) is 0 Å². The maximum atomic E-state index is 12.6. The summed E-state index contributed by atoms with van der Waals surface area (Å²) in [5, 5.41) is 0. The molecule has 2 unspecified atom stereocenters. The van der Waals surface area contributed by atoms with Gasteiger partial charge in [0.15, 0.2) is 0 Å². The number of esters is 2. The van der Waals surface area contributed by atoms with Crippen LogP contribution in [-0.4, -0.2) is 25.7 Å². The lowest BCUT2D eigenvalue weighted by atomic mass is 9.46. The minimum atomic E-state index is -0.396. The number of hydrogen-bond donors (Lipinski definition) is 0. The van der Waals surface area contributed by atoms with Crippen molar-refractivity contribution in [3.8, 4) is 0 Å². The van der Waals surface area contributed by atoms with Crippen LogP contribution in [0, 0.1) is 28.6 Å². The van der Waals surface area contributed by atoms with Gasteiger partial charge in [0.2, 0.25) is 0 Å². The molecule has 1 saturated heterocycles. The monoisotopic (exact) mass is 348 g/mol. The first-order valence-corrected chi connectivity index (χ1v) is 9.75. The van der Waals surface area contributed by atoms with Crippen molar-refractivity contribution in [3.63, 3.8) is 0 Å². The quantitative estimate of drug-likeness (QED) is 0.562. The van der Waals surface area contributed by atoms with E-state index in [1.165, 1.54) is 12.7 Å². The van der Waals surface area contributed by atoms with Gasteiger partial charge in [0.1, 0.15) is 0 Å². The fourth-order valence-electron chi connectivity index (χ4n) is 6.13. The van der Waals surface area contributed by atoms with Gasteiger partial charge in [-0.2, -0.15) is 0 Å². The smallest absolute Gasteiger partial charge is 0.311 e. The highest BCUT2D eigenvalue weighted by Crippen LogP contribution is 2.62. The number of methoxy groups -OCH3 is 1. The number of cyclic esters (lactones) is 1. The Morgan fingerprint density at radius 1 is 1.28 bits per heavy atom. The van der Waals surface area contributed by atoms with Gasteiger partial charge >= 0.3 is 11.9 Å². The molecule has 0 aromatic heterocycles. The van der Waals surface area contributed by atoms with Crippen LogP contribution in [0.3, 0.4) is 0 Å². The summed E-state index contributed by atoms with van der Waals surface area (Å²) in [6.45, 7) is 9.39. The van der Waals surface area contributed by atoms with Gasteiger partial charge in [-0.1, -0.05) is 25.5 Å². The summed E-state index contributed by atoms with van der Waals surface area (Å²) in [6, 6.07) is 0. The summed E-state index contributed by atoms with van der Waals surface area (Å²) in [5.41, 5.74) is 0.977. The predicted octanol–water partition coefficient (Wildman–Crippen LogP) is 4.28. The van der Waals surface area contributed by atoms with Crippen LogP contribution in [0.5, 0.6) is 0 Å². The van der Waals surface area contributed by atoms with Crippen molar-refractivity contribution < 1.29 is 19.1 Å². The summed E-state index contributed by atoms with van der Waals surface area (Å²) >= 11 is 0. The first kappa shape index (κ1) is 18.5. The molecule has 0 amide bonds. The topological polar surface area (TPSA) is 52.6 Å². The average molecular weight is 348 g/mol. The van der Waals surface area contributed by atoms with E-state index >= 15 is 0 Å². The van der Waals surface area contributed by atoms with E-state index in [1.807, 2.05) is 0 Å². The number of hydrogen-bond acceptors (Lipinski definition) is 4. The molecule has 3 rings (SSSR count). The molecule has 0 N–H and O–H groups in total. The van der Waals surface area contributed by atoms with Crippen molar-refractivity contribution in [2.24, 2.45) is 28.6 Å². The lowest BCUT2D eigenvalue weighted by Crippen LogP contribution is -2.53. The summed E-state index contributed by atoms with van der Waals surface area (Å²) in [5.74, 6) is 0.656. The third-order valence-corrected chi connectivity index (χ3v) is 7.52. The average Bonchev–Trinajstić information content (AvgIpc) is 2.98. The van der Waals surface area contributed by atoms with Crippen LogP contribution in [0.4, 0.5) is 0 Å². The molecule has 0 bridgehead atoms. The molecular formula is C21H32O4. The molecule has 3 aliphatic rings. The second-order valence-corrected chi connectivity index (χ2v) is 8.80. The van der Waals surface area contributed by atoms with E-state index in [2.05, 4.69) is 20.4 Å². The molecule has 25 heavy (non-hydrogen) atoms. The highest BCUT2D eigenvalue weighted by atomic mass is 16.5. The summed E-state index contributed by atoms with van der Waals surface area (Å²) in [6.07, 6.45) is 7.78. The van der Waals surface area contributed by atoms with Crippen LogP contribution in [-0.2, 0) is 19.1 Å². The Kier molecular flexibility index (Phi) is 5.00. The van der Waals surface area contributed by atoms with Gasteiger partial charge in [0.25, 0.3) is 0 Å². The molecular weight excluding hydrogens is 316 g/mol. The van der Waals surface area contributed by atoms with Gasteiger partial charge in [0, 0.05) is 0 Å². The third-order valence-electron chi connectivity index (χ3n) is 7.52. The van der Waals surface area contributed by atoms with Crippen LogP contribution < -0.4 is 0 Å². The molecule has 0 aromatic rings. The zero-order valence-electron chi connectivity index (χ0n) is 15.9. The van der Waals surface area contributed by atoms with Gasteiger partial charge in [-0.3, -0.25) is 9.59 Å². The number of carbonyl (C=O) groups excluding carboxylic acids is 2. The van der Waals surface area contributed by atoms with E-state index in [0.717, 1.165) is 51.4 Å². The van der Waals surface area contributed by atoms with Crippen LogP contribution >= 0.6 is 0 Å². The molecule has 140 valence electrons. The molecule has 0 radical (unpaired) electrons. The minimum Gasteiger partial charge on any atom is -0.469 e. The van der Waals surface area contributed by atoms with Crippen LogP contribution in [0.1, 0.15) is 65.2 Å². The van der Waals surface area contributed by atoms with E-state index in [-0.39, 0.29) is 23.3 Å². The number of fused-ring (bicyclic) bond motifs is 1. The molecule has 4 nitrogen and oxygen atoms in total. The SMILES string of the molecule is C=C1CCC2[C@](C)(CCC[C@]2(C)C(=O)OC)[C@H]1CCC1CCOC1=O. The first-order valence-electron chi connectivity index (χ1n) is 9.75. The number of ether oxygens (including phenoxy) is 2. The lowest BCUT2D eigenvalue weighted by molar-refractivity contribution is -0.168. The van der Waals surface area contributed by atoms with Crippen molar-refractivity contribution in [1.82, 2.24) is 0 Å². The molecule has 3 fully saturated rings. The second kappa shape index (κ2) is 6.77. The zero-order valence-corrected chi connectivity index (χ0v) is 15.9. The Morgan fingerprint density at radius 2 is 2.04 bits per heavy atom. The fourth-order valence-corrected chi connectivity index (χ4v) is 6.13. The molecule has 1 aliphatic heterocycles. The maximum Gasteiger partial charge on any atom is 0.311 e. The summed E-state index contributed by atoms with van der Waals surface area (Å²) < 4.78 is 10.3. The molecule has 2 saturated carbocycles. The normalized spacial score (nSPS) is 41.2. The minimum absolute atomic E-state index is 0.0360. The highest BCUT2D eigenvalue weighted by Gasteiger charge is 2.57. The predicted molar refractivity (Wildman–Crippen MR) is 95.7 cm³/mol. The number of allylic oxidation sites excluding steroid dienone is 1. The van der Waals surface area contributed by atoms with E-state index in [9.17, 15) is 9.59 Å². The van der Waals surface area contributed by atoms with Crippen molar-refractivity contribution in [3.05, 3.63) is 12.2 Å². The molecule has 0 spiro atoms. The Bertz CT molecular complexity index is 568. The first-order chi connectivity index (χ1) is 11.8. The van der Waals surface area contributed by atoms with E-state index in [4.69, 9.17) is 9.47 Å². The van der Waals surface area contributed by atoms with E-state index in [0.29, 0.717) is 18.4 Å². The molecule has 2 aliphatic carbocycles. The Hall–Kier alpha value is -1.32. The Balaban J connectivity index is 1.81. The summed E-state index contributed by atoms with van der Waals surface area (Å²) in [7, 11) is 1.50. The number of carbonyl (C=O) groups is 2. The maximum absolute atomic E-state index is 12.6. The Labute approximate surface area is 151 Å². The van der Waals surface area contributed by atoms with Gasteiger partial charge in [-0.25, -0.2) is 0 Å². The summed E-state index contributed by atoms with van der Waals surface area (Å²) in [4.78, 5) is 24.4. The number of rotatable bonds is 4. The van der Waals surface area contributed by atoms with Crippen molar-refractivity contribution in [2.75, 3.05) is 13.7 Å². The van der Waals surface area contributed by atoms with E-state index < -0.39 is 5.41 Å². The molecule has 1 heterocycles. The Morgan fingerprint density at radius 3 is 2.68 bits per heavy atom. The van der Waals surface area contributed by atoms with Crippen LogP contribution in [0.25, 0.3) is 0 Å². The van der Waals surface area contributed by atoms with Crippen molar-refractivity contribution in [1.29, 1.82) is 0 Å². The molecule has 0 aromatic carbocycles. The lowest BCUT2D eigenvalue weighted by Gasteiger charge is -2.57. The molecule has 4 heteroatoms. The van der Waals surface area contributed by atoms with Gasteiger partial charge < -0.3 is 9.47 Å². The third kappa shape index (κ3) is 3.02. The second-order valence-electron chi connectivity index (χ2n) is 8.80. The highest BCUT2D eigenvalue weighted by molar-refractivity contribution is 5.77. The zero-order chi connectivity index (χ0) is 18.2. The van der Waals surface area contributed by atoms with Gasteiger partial charge in [-0.15, -0.1) is 0 Å².